The van der Waals surface area contributed by atoms with Crippen LogP contribution >= 0.6 is 0 Å². The van der Waals surface area contributed by atoms with Gasteiger partial charge in [0.2, 0.25) is 0 Å². The molecule has 0 fully saturated rings. The van der Waals surface area contributed by atoms with Gasteiger partial charge in [0, 0.05) is 90.4 Å². The maximum atomic E-state index is 11.2. The van der Waals surface area contributed by atoms with E-state index in [2.05, 4.69) is 0 Å². The van der Waals surface area contributed by atoms with Crippen molar-refractivity contribution in [2.45, 2.75) is 79.1 Å². The van der Waals surface area contributed by atoms with Gasteiger partial charge in [0.25, 0.3) is 0 Å². The topological polar surface area (TPSA) is 162 Å². The number of benzene rings is 4. The number of rotatable bonds is 0. The van der Waals surface area contributed by atoms with Crippen molar-refractivity contribution in [1.82, 2.24) is 0 Å². The van der Waals surface area contributed by atoms with Gasteiger partial charge in [-0.1, -0.05) is 27.7 Å². The van der Waals surface area contributed by atoms with Crippen LogP contribution in [0.5, 0.6) is 46.0 Å². The van der Waals surface area contributed by atoms with Crippen LogP contribution < -0.4 is 0 Å². The van der Waals surface area contributed by atoms with Crippen LogP contribution in [-0.4, -0.2) is 40.9 Å². The molecule has 0 amide bonds. The Morgan fingerprint density at radius 3 is 0.523 bits per heavy atom. The van der Waals surface area contributed by atoms with Crippen LogP contribution in [0.25, 0.3) is 0 Å². The molecule has 8 heteroatoms. The van der Waals surface area contributed by atoms with Crippen molar-refractivity contribution in [3.8, 4) is 46.0 Å². The monoisotopic (exact) mass is 600 g/mol. The zero-order chi connectivity index (χ0) is 32.7. The van der Waals surface area contributed by atoms with Crippen molar-refractivity contribution in [1.29, 1.82) is 0 Å². The summed E-state index contributed by atoms with van der Waals surface area (Å²) in [5.74, 6) is -3.66. The van der Waals surface area contributed by atoms with Gasteiger partial charge in [0.05, 0.1) is 0 Å². The third-order valence-corrected chi connectivity index (χ3v) is 10.0. The standard InChI is InChI=1S/C36H40O8/c1-13-21-9-23(31(39)17(5)29(21)37)14(2)25-11-27(35(43)19(7)33(25)41)16(4)28-12-26(34(42)20(8)36(28)44)15(3)24-10-22(13)30(38)18(6)32(24)40/h9-16,37-44H,1-8H3. The molecule has 4 aromatic carbocycles. The van der Waals surface area contributed by atoms with Gasteiger partial charge in [-0.25, -0.2) is 0 Å². The third-order valence-electron chi connectivity index (χ3n) is 10.0. The van der Waals surface area contributed by atoms with Gasteiger partial charge < -0.3 is 40.9 Å². The minimum absolute atomic E-state index is 0.149. The number of phenolic OH excluding ortho intramolecular Hbond substituents is 8. The lowest BCUT2D eigenvalue weighted by atomic mass is 9.78. The lowest BCUT2D eigenvalue weighted by Crippen LogP contribution is -2.09. The van der Waals surface area contributed by atoms with Crippen LogP contribution in [-0.2, 0) is 0 Å². The fourth-order valence-electron chi connectivity index (χ4n) is 6.71. The predicted octanol–water partition coefficient (Wildman–Crippen LogP) is 7.49. The molecule has 0 saturated heterocycles. The zero-order valence-electron chi connectivity index (χ0n) is 26.2. The highest BCUT2D eigenvalue weighted by Gasteiger charge is 2.32. The number of fused-ring (bicyclic) bond motifs is 8. The fourth-order valence-corrected chi connectivity index (χ4v) is 6.71. The molecule has 8 N–H and O–H groups in total. The second kappa shape index (κ2) is 10.5. The third kappa shape index (κ3) is 4.26. The SMILES string of the molecule is Cc1c(O)c2cc(c1O)C(C)c1cc(c(O)c(C)c1O)C(C)c1cc(c(O)c(C)c1O)C(C)c1cc(c(O)c(C)c1O)C2C. The second-order valence-corrected chi connectivity index (χ2v) is 12.4. The molecule has 0 atom stereocenters. The fraction of sp³-hybridized carbons (Fsp3) is 0.333. The smallest absolute Gasteiger partial charge is 0.126 e. The van der Waals surface area contributed by atoms with E-state index in [0.717, 1.165) is 0 Å². The molecule has 5 rings (SSSR count). The van der Waals surface area contributed by atoms with Gasteiger partial charge in [-0.2, -0.15) is 0 Å². The molecule has 0 aromatic heterocycles. The van der Waals surface area contributed by atoms with Gasteiger partial charge in [-0.3, -0.25) is 0 Å². The highest BCUT2D eigenvalue weighted by molar-refractivity contribution is 5.66. The summed E-state index contributed by atoms with van der Waals surface area (Å²) in [7, 11) is 0. The molecule has 0 aliphatic heterocycles. The summed E-state index contributed by atoms with van der Waals surface area (Å²) in [5, 5.41) is 89.9. The van der Waals surface area contributed by atoms with E-state index in [1.807, 2.05) is 0 Å². The first-order valence-corrected chi connectivity index (χ1v) is 14.7. The van der Waals surface area contributed by atoms with E-state index in [1.54, 1.807) is 79.7 Å². The number of aromatic hydroxyl groups is 8. The average Bonchev–Trinajstić information content (AvgIpc) is 2.99. The zero-order valence-corrected chi connectivity index (χ0v) is 26.2. The van der Waals surface area contributed by atoms with Gasteiger partial charge >= 0.3 is 0 Å². The van der Waals surface area contributed by atoms with Crippen molar-refractivity contribution < 1.29 is 40.9 Å². The van der Waals surface area contributed by atoms with Crippen LogP contribution in [0, 0.1) is 27.7 Å². The molecule has 0 radical (unpaired) electrons. The van der Waals surface area contributed by atoms with E-state index in [1.165, 1.54) is 0 Å². The first-order valence-electron chi connectivity index (χ1n) is 14.7. The quantitative estimate of drug-likeness (QED) is 0.103. The Morgan fingerprint density at radius 2 is 0.409 bits per heavy atom. The Morgan fingerprint density at radius 1 is 0.295 bits per heavy atom. The molecule has 4 aromatic rings. The molecular weight excluding hydrogens is 560 g/mol. The molecule has 44 heavy (non-hydrogen) atoms. The van der Waals surface area contributed by atoms with Gasteiger partial charge in [0.15, 0.2) is 0 Å². The molecule has 8 nitrogen and oxygen atoms in total. The summed E-state index contributed by atoms with van der Waals surface area (Å²) < 4.78 is 0. The normalized spacial score (nSPS) is 19.6. The van der Waals surface area contributed by atoms with Gasteiger partial charge in [0.1, 0.15) is 46.0 Å². The highest BCUT2D eigenvalue weighted by atomic mass is 16.3. The molecule has 1 aliphatic carbocycles. The maximum absolute atomic E-state index is 11.2. The molecule has 232 valence electrons. The summed E-state index contributed by atoms with van der Waals surface area (Å²) in [6, 6.07) is 6.60. The largest absolute Gasteiger partial charge is 0.507 e. The van der Waals surface area contributed by atoms with Crippen molar-refractivity contribution >= 4 is 0 Å². The Balaban J connectivity index is 1.97. The van der Waals surface area contributed by atoms with Crippen molar-refractivity contribution in [3.05, 3.63) is 91.0 Å². The van der Waals surface area contributed by atoms with Crippen LogP contribution in [0.3, 0.4) is 0 Å². The van der Waals surface area contributed by atoms with E-state index < -0.39 is 23.7 Å². The van der Waals surface area contributed by atoms with Crippen LogP contribution in [0.4, 0.5) is 0 Å². The first-order chi connectivity index (χ1) is 20.5. The Kier molecular flexibility index (Phi) is 7.31. The highest BCUT2D eigenvalue weighted by Crippen LogP contribution is 2.52. The van der Waals surface area contributed by atoms with E-state index in [9.17, 15) is 40.9 Å². The Bertz CT molecular complexity index is 1470. The molecule has 0 unspecified atom stereocenters. The number of hydrogen-bond donors (Lipinski definition) is 8. The summed E-state index contributed by atoms with van der Waals surface area (Å²) in [6.45, 7) is 13.5. The van der Waals surface area contributed by atoms with Crippen molar-refractivity contribution in [2.75, 3.05) is 0 Å². The van der Waals surface area contributed by atoms with Crippen LogP contribution in [0.2, 0.25) is 0 Å². The Labute approximate surface area is 256 Å². The van der Waals surface area contributed by atoms with E-state index >= 15 is 0 Å². The minimum atomic E-state index is -0.616. The van der Waals surface area contributed by atoms with Gasteiger partial charge in [-0.15, -0.1) is 0 Å². The summed E-state index contributed by atoms with van der Waals surface area (Å²) in [6.07, 6.45) is 0. The lowest BCUT2D eigenvalue weighted by molar-refractivity contribution is 0.421. The maximum Gasteiger partial charge on any atom is 0.126 e. The van der Waals surface area contributed by atoms with E-state index in [4.69, 9.17) is 0 Å². The van der Waals surface area contributed by atoms with Gasteiger partial charge in [-0.05, 0) is 52.0 Å². The summed E-state index contributed by atoms with van der Waals surface area (Å²) in [4.78, 5) is 0. The van der Waals surface area contributed by atoms with E-state index in [-0.39, 0.29) is 68.2 Å². The molecule has 0 spiro atoms. The van der Waals surface area contributed by atoms with E-state index in [0.29, 0.717) is 44.5 Å². The molecule has 1 aliphatic rings. The second-order valence-electron chi connectivity index (χ2n) is 12.4. The van der Waals surface area contributed by atoms with Crippen LogP contribution in [0.1, 0.15) is 118 Å². The first kappa shape index (κ1) is 30.7. The number of phenols is 8. The Hall–Kier alpha value is -4.72. The van der Waals surface area contributed by atoms with Crippen molar-refractivity contribution in [2.24, 2.45) is 0 Å². The van der Waals surface area contributed by atoms with Crippen molar-refractivity contribution in [3.63, 3.8) is 0 Å². The van der Waals surface area contributed by atoms with Crippen LogP contribution in [0.15, 0.2) is 24.3 Å². The number of hydrogen-bond acceptors (Lipinski definition) is 8. The summed E-state index contributed by atoms with van der Waals surface area (Å²) >= 11 is 0. The average molecular weight is 601 g/mol. The molecule has 0 saturated carbocycles. The molecular formula is C36H40O8. The molecule has 8 bridgehead atoms. The molecule has 0 heterocycles. The lowest BCUT2D eigenvalue weighted by Gasteiger charge is -2.28. The minimum Gasteiger partial charge on any atom is -0.507 e. The summed E-state index contributed by atoms with van der Waals surface area (Å²) in [5.41, 5.74) is 4.26. The predicted molar refractivity (Wildman–Crippen MR) is 168 cm³/mol.